The summed E-state index contributed by atoms with van der Waals surface area (Å²) in [6.07, 6.45) is 0. The lowest BCUT2D eigenvalue weighted by molar-refractivity contribution is 0.392. The predicted molar refractivity (Wildman–Crippen MR) is 82.0 cm³/mol. The maximum atomic E-state index is 12.4. The second kappa shape index (κ2) is 7.37. The van der Waals surface area contributed by atoms with Gasteiger partial charge in [-0.1, -0.05) is 12.1 Å². The molecule has 0 bridgehead atoms. The van der Waals surface area contributed by atoms with Crippen molar-refractivity contribution in [3.63, 3.8) is 0 Å². The van der Waals surface area contributed by atoms with Crippen LogP contribution in [0.15, 0.2) is 58.3 Å². The SMILES string of the molecule is CP(=O)(Oc1cccc(S(=O)[O-])c1)Oc1cccc(S(=O)[O-])c1. The Balaban J connectivity index is 2.17. The highest BCUT2D eigenvalue weighted by Crippen LogP contribution is 2.45. The molecular weight excluding hydrogens is 363 g/mol. The van der Waals surface area contributed by atoms with Gasteiger partial charge in [-0.25, -0.2) is 4.57 Å². The summed E-state index contributed by atoms with van der Waals surface area (Å²) >= 11 is -4.89. The summed E-state index contributed by atoms with van der Waals surface area (Å²) in [5.74, 6) is 0.113. The quantitative estimate of drug-likeness (QED) is 0.563. The molecule has 0 aromatic heterocycles. The molecule has 0 radical (unpaired) electrons. The van der Waals surface area contributed by atoms with Crippen molar-refractivity contribution in [1.29, 1.82) is 0 Å². The van der Waals surface area contributed by atoms with Crippen molar-refractivity contribution in [3.8, 4) is 11.5 Å². The lowest BCUT2D eigenvalue weighted by Crippen LogP contribution is -2.00. The van der Waals surface area contributed by atoms with Crippen molar-refractivity contribution in [3.05, 3.63) is 48.5 Å². The zero-order valence-electron chi connectivity index (χ0n) is 11.7. The molecule has 10 heteroatoms. The van der Waals surface area contributed by atoms with Crippen LogP contribution in [0.4, 0.5) is 0 Å². The predicted octanol–water partition coefficient (Wildman–Crippen LogP) is 2.44. The molecule has 0 aliphatic heterocycles. The van der Waals surface area contributed by atoms with Crippen LogP contribution in [0.3, 0.4) is 0 Å². The first kappa shape index (κ1) is 17.8. The molecule has 2 atom stereocenters. The van der Waals surface area contributed by atoms with Gasteiger partial charge in [-0.05, 0) is 58.6 Å². The largest absolute Gasteiger partial charge is 0.768 e. The van der Waals surface area contributed by atoms with Crippen LogP contribution in [0.25, 0.3) is 0 Å². The molecule has 0 amide bonds. The molecule has 2 rings (SSSR count). The molecule has 0 spiro atoms. The van der Waals surface area contributed by atoms with Gasteiger partial charge in [0, 0.05) is 9.79 Å². The Hall–Kier alpha value is -1.51. The minimum atomic E-state index is -3.64. The highest BCUT2D eigenvalue weighted by molar-refractivity contribution is 7.79. The van der Waals surface area contributed by atoms with E-state index in [4.69, 9.17) is 9.05 Å². The number of hydrogen-bond acceptors (Lipinski definition) is 7. The van der Waals surface area contributed by atoms with Gasteiger partial charge < -0.3 is 18.2 Å². The van der Waals surface area contributed by atoms with E-state index < -0.39 is 29.8 Å². The minimum Gasteiger partial charge on any atom is -0.768 e. The number of benzene rings is 2. The monoisotopic (exact) mass is 374 g/mol. The fourth-order valence-electron chi connectivity index (χ4n) is 1.67. The van der Waals surface area contributed by atoms with Gasteiger partial charge in [-0.15, -0.1) is 0 Å². The third-order valence-corrected chi connectivity index (χ3v) is 4.90. The van der Waals surface area contributed by atoms with Gasteiger partial charge in [-0.2, -0.15) is 0 Å². The van der Waals surface area contributed by atoms with Crippen molar-refractivity contribution >= 4 is 29.8 Å². The molecular formula is C13H11O7PS2-2. The van der Waals surface area contributed by atoms with E-state index in [9.17, 15) is 22.1 Å². The highest BCUT2D eigenvalue weighted by Gasteiger charge is 2.21. The first-order valence-corrected chi connectivity index (χ1v) is 10.3. The second-order valence-corrected chi connectivity index (χ2v) is 8.16. The first-order chi connectivity index (χ1) is 10.8. The zero-order chi connectivity index (χ0) is 17.0. The molecule has 0 heterocycles. The Morgan fingerprint density at radius 2 is 1.26 bits per heavy atom. The van der Waals surface area contributed by atoms with Gasteiger partial charge in [0.1, 0.15) is 11.5 Å². The summed E-state index contributed by atoms with van der Waals surface area (Å²) in [6, 6.07) is 10.8. The van der Waals surface area contributed by atoms with Crippen molar-refractivity contribution in [2.75, 3.05) is 6.66 Å². The van der Waals surface area contributed by atoms with Crippen molar-refractivity contribution in [1.82, 2.24) is 0 Å². The normalized spacial score (nSPS) is 16.1. The van der Waals surface area contributed by atoms with Crippen molar-refractivity contribution in [2.24, 2.45) is 0 Å². The van der Waals surface area contributed by atoms with Crippen LogP contribution in [-0.2, 0) is 26.7 Å². The molecule has 0 aliphatic carbocycles. The second-order valence-electron chi connectivity index (χ2n) is 4.37. The van der Waals surface area contributed by atoms with E-state index in [1.54, 1.807) is 0 Å². The first-order valence-electron chi connectivity index (χ1n) is 6.12. The van der Waals surface area contributed by atoms with Crippen LogP contribution in [-0.4, -0.2) is 24.2 Å². The van der Waals surface area contributed by atoms with E-state index in [1.807, 2.05) is 0 Å². The Labute approximate surface area is 137 Å². The van der Waals surface area contributed by atoms with Gasteiger partial charge >= 0.3 is 7.60 Å². The molecule has 2 aromatic rings. The highest BCUT2D eigenvalue weighted by atomic mass is 32.2. The fraction of sp³-hybridized carbons (Fsp3) is 0.0769. The van der Waals surface area contributed by atoms with Crippen LogP contribution >= 0.6 is 7.60 Å². The molecule has 0 saturated carbocycles. The summed E-state index contributed by atoms with van der Waals surface area (Å²) in [7, 11) is -3.64. The van der Waals surface area contributed by atoms with Crippen LogP contribution in [0.5, 0.6) is 11.5 Å². The minimum absolute atomic E-state index is 0.0220. The summed E-state index contributed by atoms with van der Waals surface area (Å²) in [5.41, 5.74) is 0. The van der Waals surface area contributed by atoms with Gasteiger partial charge in [0.25, 0.3) is 0 Å². The average Bonchev–Trinajstić information content (AvgIpc) is 2.46. The lowest BCUT2D eigenvalue weighted by atomic mass is 10.3. The standard InChI is InChI=1S/C13H13O7PS2/c1-21(14,19-10-4-2-6-12(8-10)22(15)16)20-11-5-3-7-13(9-11)23(17)18/h2-9H,1H3,(H,15,16)(H,17,18)/p-2. The van der Waals surface area contributed by atoms with E-state index >= 15 is 0 Å². The maximum Gasteiger partial charge on any atom is 0.427 e. The van der Waals surface area contributed by atoms with E-state index in [0.29, 0.717) is 0 Å². The molecule has 0 aliphatic rings. The van der Waals surface area contributed by atoms with Crippen LogP contribution in [0, 0.1) is 0 Å². The van der Waals surface area contributed by atoms with E-state index in [0.717, 1.165) is 0 Å². The molecule has 7 nitrogen and oxygen atoms in total. The molecule has 2 unspecified atom stereocenters. The topological polar surface area (TPSA) is 116 Å². The number of hydrogen-bond donors (Lipinski definition) is 0. The van der Waals surface area contributed by atoms with Crippen LogP contribution in [0.2, 0.25) is 0 Å². The van der Waals surface area contributed by atoms with E-state index in [-0.39, 0.29) is 21.3 Å². The van der Waals surface area contributed by atoms with Gasteiger partial charge in [-0.3, -0.25) is 8.42 Å². The molecule has 0 N–H and O–H groups in total. The number of rotatable bonds is 6. The molecule has 2 aromatic carbocycles. The van der Waals surface area contributed by atoms with Gasteiger partial charge in [0.2, 0.25) is 0 Å². The zero-order valence-corrected chi connectivity index (χ0v) is 14.3. The molecule has 0 saturated heterocycles. The van der Waals surface area contributed by atoms with E-state index in [2.05, 4.69) is 0 Å². The Morgan fingerprint density at radius 3 is 1.61 bits per heavy atom. The average molecular weight is 374 g/mol. The van der Waals surface area contributed by atoms with E-state index in [1.165, 1.54) is 55.2 Å². The third-order valence-electron chi connectivity index (χ3n) is 2.54. The fourth-order valence-corrected chi connectivity index (χ4v) is 3.51. The Kier molecular flexibility index (Phi) is 5.72. The van der Waals surface area contributed by atoms with Crippen LogP contribution in [0.1, 0.15) is 0 Å². The lowest BCUT2D eigenvalue weighted by Gasteiger charge is -2.17. The molecule has 124 valence electrons. The van der Waals surface area contributed by atoms with Crippen molar-refractivity contribution < 1.29 is 31.1 Å². The molecule has 23 heavy (non-hydrogen) atoms. The smallest absolute Gasteiger partial charge is 0.427 e. The summed E-state index contributed by atoms with van der Waals surface area (Å²) in [5, 5.41) is 0. The van der Waals surface area contributed by atoms with Gasteiger partial charge in [0.05, 0.1) is 6.66 Å². The summed E-state index contributed by atoms with van der Waals surface area (Å²) in [6.45, 7) is 1.19. The van der Waals surface area contributed by atoms with Gasteiger partial charge in [0.15, 0.2) is 0 Å². The maximum absolute atomic E-state index is 12.4. The summed E-state index contributed by atoms with van der Waals surface area (Å²) < 4.78 is 66.4. The Bertz CT molecular complexity index is 745. The Morgan fingerprint density at radius 1 is 0.870 bits per heavy atom. The third kappa shape index (κ3) is 5.26. The van der Waals surface area contributed by atoms with Crippen LogP contribution < -0.4 is 9.05 Å². The molecule has 0 fully saturated rings. The van der Waals surface area contributed by atoms with Crippen molar-refractivity contribution in [2.45, 2.75) is 9.79 Å². The summed E-state index contributed by atoms with van der Waals surface area (Å²) in [4.78, 5) is -0.0440.